The van der Waals surface area contributed by atoms with Gasteiger partial charge in [-0.25, -0.2) is 0 Å². The first-order chi connectivity index (χ1) is 6.14. The van der Waals surface area contributed by atoms with Crippen LogP contribution in [0.5, 0.6) is 0 Å². The highest BCUT2D eigenvalue weighted by Crippen LogP contribution is 2.30. The lowest BCUT2D eigenvalue weighted by molar-refractivity contribution is -0.209. The maximum Gasteiger partial charge on any atom is 0.222 e. The van der Waals surface area contributed by atoms with Crippen LogP contribution in [-0.2, 0) is 4.74 Å². The number of ether oxygens (including phenoxy) is 1. The quantitative estimate of drug-likeness (QED) is 0.643. The van der Waals surface area contributed by atoms with E-state index in [4.69, 9.17) is 10.5 Å². The minimum absolute atomic E-state index is 0.541. The molecule has 1 unspecified atom stereocenters. The standard InChI is InChI=1S/C10H21NO2/c1-2-7-13-10(11,12)8-9-5-3-4-6-9/h9,12H,2-8,11H2,1H3. The molecule has 13 heavy (non-hydrogen) atoms. The minimum Gasteiger partial charge on any atom is -0.353 e. The molecule has 1 saturated carbocycles. The smallest absolute Gasteiger partial charge is 0.222 e. The normalized spacial score (nSPS) is 23.3. The molecule has 0 aliphatic heterocycles. The first kappa shape index (κ1) is 11.0. The second-order valence-corrected chi connectivity index (χ2v) is 4.05. The molecule has 3 N–H and O–H groups in total. The van der Waals surface area contributed by atoms with Crippen molar-refractivity contribution in [1.82, 2.24) is 0 Å². The highest BCUT2D eigenvalue weighted by atomic mass is 16.6. The summed E-state index contributed by atoms with van der Waals surface area (Å²) in [6, 6.07) is 0. The van der Waals surface area contributed by atoms with Crippen LogP contribution in [0, 0.1) is 5.92 Å². The fourth-order valence-corrected chi connectivity index (χ4v) is 1.97. The van der Waals surface area contributed by atoms with E-state index in [-0.39, 0.29) is 0 Å². The van der Waals surface area contributed by atoms with Gasteiger partial charge in [0.15, 0.2) is 0 Å². The zero-order valence-corrected chi connectivity index (χ0v) is 8.46. The molecule has 3 heteroatoms. The van der Waals surface area contributed by atoms with Gasteiger partial charge in [-0.3, -0.25) is 5.73 Å². The fourth-order valence-electron chi connectivity index (χ4n) is 1.97. The molecule has 1 aliphatic rings. The Morgan fingerprint density at radius 2 is 2.08 bits per heavy atom. The third kappa shape index (κ3) is 4.07. The molecule has 3 nitrogen and oxygen atoms in total. The molecule has 0 heterocycles. The lowest BCUT2D eigenvalue weighted by Gasteiger charge is -2.26. The van der Waals surface area contributed by atoms with E-state index in [0.29, 0.717) is 18.9 Å². The Morgan fingerprint density at radius 3 is 2.62 bits per heavy atom. The molecule has 1 atom stereocenters. The van der Waals surface area contributed by atoms with Crippen LogP contribution in [0.4, 0.5) is 0 Å². The molecule has 0 amide bonds. The highest BCUT2D eigenvalue weighted by molar-refractivity contribution is 4.72. The first-order valence-electron chi connectivity index (χ1n) is 5.29. The largest absolute Gasteiger partial charge is 0.353 e. The number of hydrogen-bond donors (Lipinski definition) is 2. The third-order valence-corrected chi connectivity index (χ3v) is 2.61. The molecular weight excluding hydrogens is 166 g/mol. The lowest BCUT2D eigenvalue weighted by atomic mass is 10.0. The van der Waals surface area contributed by atoms with Gasteiger partial charge in [-0.05, 0) is 12.3 Å². The molecule has 78 valence electrons. The van der Waals surface area contributed by atoms with Gasteiger partial charge in [0.1, 0.15) is 0 Å². The Kier molecular flexibility index (Phi) is 4.16. The Bertz CT molecular complexity index is 142. The lowest BCUT2D eigenvalue weighted by Crippen LogP contribution is -2.44. The van der Waals surface area contributed by atoms with Gasteiger partial charge in [0, 0.05) is 6.42 Å². The molecule has 1 fully saturated rings. The Labute approximate surface area is 80.3 Å². The molecule has 1 rings (SSSR count). The number of hydrogen-bond acceptors (Lipinski definition) is 3. The molecule has 0 aromatic rings. The SMILES string of the molecule is CCCOC(N)(O)CC1CCCC1. The van der Waals surface area contributed by atoms with Crippen molar-refractivity contribution in [3.05, 3.63) is 0 Å². The van der Waals surface area contributed by atoms with Crippen molar-refractivity contribution in [2.45, 2.75) is 51.4 Å². The molecule has 0 aromatic carbocycles. The van der Waals surface area contributed by atoms with Crippen LogP contribution in [0.3, 0.4) is 0 Å². The summed E-state index contributed by atoms with van der Waals surface area (Å²) in [4.78, 5) is 0. The monoisotopic (exact) mass is 187 g/mol. The molecular formula is C10H21NO2. The zero-order valence-electron chi connectivity index (χ0n) is 8.46. The molecule has 0 bridgehead atoms. The average molecular weight is 187 g/mol. The van der Waals surface area contributed by atoms with Gasteiger partial charge in [0.25, 0.3) is 0 Å². The van der Waals surface area contributed by atoms with Crippen molar-refractivity contribution in [2.75, 3.05) is 6.61 Å². The topological polar surface area (TPSA) is 55.5 Å². The van der Waals surface area contributed by atoms with Crippen molar-refractivity contribution in [3.8, 4) is 0 Å². The van der Waals surface area contributed by atoms with Crippen LogP contribution >= 0.6 is 0 Å². The van der Waals surface area contributed by atoms with Crippen LogP contribution in [0.1, 0.15) is 45.4 Å². The van der Waals surface area contributed by atoms with E-state index in [2.05, 4.69) is 0 Å². The van der Waals surface area contributed by atoms with Crippen molar-refractivity contribution in [3.63, 3.8) is 0 Å². The molecule has 1 aliphatic carbocycles. The average Bonchev–Trinajstić information content (AvgIpc) is 2.52. The summed E-state index contributed by atoms with van der Waals surface area (Å²) in [5.41, 5.74) is 5.62. The van der Waals surface area contributed by atoms with Gasteiger partial charge in [0.2, 0.25) is 5.91 Å². The van der Waals surface area contributed by atoms with Crippen LogP contribution in [0.25, 0.3) is 0 Å². The van der Waals surface area contributed by atoms with E-state index < -0.39 is 5.91 Å². The van der Waals surface area contributed by atoms with Gasteiger partial charge in [-0.15, -0.1) is 0 Å². The Hall–Kier alpha value is -0.120. The fraction of sp³-hybridized carbons (Fsp3) is 1.00. The van der Waals surface area contributed by atoms with Gasteiger partial charge < -0.3 is 9.84 Å². The third-order valence-electron chi connectivity index (χ3n) is 2.61. The number of rotatable bonds is 5. The van der Waals surface area contributed by atoms with Crippen molar-refractivity contribution >= 4 is 0 Å². The molecule has 0 saturated heterocycles. The predicted molar refractivity (Wildman–Crippen MR) is 52.0 cm³/mol. The number of aliphatic hydroxyl groups is 1. The maximum atomic E-state index is 9.66. The summed E-state index contributed by atoms with van der Waals surface area (Å²) in [7, 11) is 0. The Balaban J connectivity index is 2.23. The van der Waals surface area contributed by atoms with Crippen LogP contribution in [-0.4, -0.2) is 17.6 Å². The summed E-state index contributed by atoms with van der Waals surface area (Å²) in [6.45, 7) is 2.55. The maximum absolute atomic E-state index is 9.66. The molecule has 0 radical (unpaired) electrons. The summed E-state index contributed by atoms with van der Waals surface area (Å²) in [5, 5.41) is 9.66. The second-order valence-electron chi connectivity index (χ2n) is 4.05. The van der Waals surface area contributed by atoms with Gasteiger partial charge >= 0.3 is 0 Å². The summed E-state index contributed by atoms with van der Waals surface area (Å²) in [5.74, 6) is -0.822. The minimum atomic E-state index is -1.38. The van der Waals surface area contributed by atoms with E-state index in [1.54, 1.807) is 0 Å². The summed E-state index contributed by atoms with van der Waals surface area (Å²) >= 11 is 0. The zero-order chi connectivity index (χ0) is 9.73. The molecule has 0 spiro atoms. The molecule has 0 aromatic heterocycles. The van der Waals surface area contributed by atoms with Gasteiger partial charge in [0.05, 0.1) is 6.61 Å². The van der Waals surface area contributed by atoms with Crippen LogP contribution in [0.2, 0.25) is 0 Å². The van der Waals surface area contributed by atoms with E-state index >= 15 is 0 Å². The number of nitrogens with two attached hydrogens (primary N) is 1. The predicted octanol–water partition coefficient (Wildman–Crippen LogP) is 1.60. The highest BCUT2D eigenvalue weighted by Gasteiger charge is 2.28. The summed E-state index contributed by atoms with van der Waals surface area (Å²) in [6.07, 6.45) is 6.41. The van der Waals surface area contributed by atoms with Crippen LogP contribution in [0.15, 0.2) is 0 Å². The van der Waals surface area contributed by atoms with E-state index in [0.717, 1.165) is 6.42 Å². The van der Waals surface area contributed by atoms with E-state index in [1.165, 1.54) is 25.7 Å². The van der Waals surface area contributed by atoms with E-state index in [1.807, 2.05) is 6.92 Å². The summed E-state index contributed by atoms with van der Waals surface area (Å²) < 4.78 is 5.17. The van der Waals surface area contributed by atoms with Crippen molar-refractivity contribution in [2.24, 2.45) is 11.7 Å². The van der Waals surface area contributed by atoms with Gasteiger partial charge in [-0.1, -0.05) is 32.6 Å². The van der Waals surface area contributed by atoms with E-state index in [9.17, 15) is 5.11 Å². The Morgan fingerprint density at radius 1 is 1.46 bits per heavy atom. The first-order valence-corrected chi connectivity index (χ1v) is 5.29. The van der Waals surface area contributed by atoms with Crippen molar-refractivity contribution in [1.29, 1.82) is 0 Å². The second kappa shape index (κ2) is 4.94. The van der Waals surface area contributed by atoms with Crippen LogP contribution < -0.4 is 5.73 Å². The van der Waals surface area contributed by atoms with Gasteiger partial charge in [-0.2, -0.15) is 0 Å². The van der Waals surface area contributed by atoms with Crippen molar-refractivity contribution < 1.29 is 9.84 Å².